The molecule has 0 bridgehead atoms. The number of amides is 1. The zero-order chi connectivity index (χ0) is 27.4. The molecule has 198 valence electrons. The van der Waals surface area contributed by atoms with Crippen molar-refractivity contribution in [1.82, 2.24) is 0 Å². The number of sulfonamides is 2. The second-order valence-corrected chi connectivity index (χ2v) is 11.9. The number of nitrogens with one attached hydrogen (secondary N) is 2. The van der Waals surface area contributed by atoms with Gasteiger partial charge in [-0.25, -0.2) is 16.8 Å². The highest BCUT2D eigenvalue weighted by atomic mass is 32.2. The molecule has 0 aliphatic carbocycles. The molecule has 3 aromatic carbocycles. The maximum absolute atomic E-state index is 12.8. The Morgan fingerprint density at radius 1 is 0.892 bits per heavy atom. The van der Waals surface area contributed by atoms with Gasteiger partial charge in [0, 0.05) is 11.8 Å². The number of benzene rings is 3. The van der Waals surface area contributed by atoms with Crippen molar-refractivity contribution >= 4 is 43.0 Å². The molecular weight excluding hydrogens is 518 g/mol. The fourth-order valence-electron chi connectivity index (χ4n) is 3.47. The van der Waals surface area contributed by atoms with Gasteiger partial charge in [0.05, 0.1) is 36.7 Å². The summed E-state index contributed by atoms with van der Waals surface area (Å²) in [5.74, 6) is 0.0384. The minimum absolute atomic E-state index is 0.00661. The van der Waals surface area contributed by atoms with Crippen molar-refractivity contribution in [2.75, 3.05) is 41.4 Å². The molecule has 0 aromatic heterocycles. The molecule has 0 saturated carbocycles. The number of rotatable bonds is 10. The van der Waals surface area contributed by atoms with Gasteiger partial charge in [0.25, 0.3) is 10.0 Å². The van der Waals surface area contributed by atoms with E-state index in [0.717, 1.165) is 21.7 Å². The molecule has 0 fully saturated rings. The van der Waals surface area contributed by atoms with Gasteiger partial charge in [-0.1, -0.05) is 12.1 Å². The first-order valence-electron chi connectivity index (χ1n) is 11.0. The fourth-order valence-corrected chi connectivity index (χ4v) is 5.45. The summed E-state index contributed by atoms with van der Waals surface area (Å²) < 4.78 is 64.5. The van der Waals surface area contributed by atoms with Crippen LogP contribution in [0.4, 0.5) is 17.1 Å². The van der Waals surface area contributed by atoms with Crippen molar-refractivity contribution in [3.8, 4) is 11.5 Å². The molecule has 1 amide bonds. The van der Waals surface area contributed by atoms with E-state index in [0.29, 0.717) is 17.1 Å². The third kappa shape index (κ3) is 6.92. The number of carbonyl (C=O) groups is 1. The van der Waals surface area contributed by atoms with E-state index in [9.17, 15) is 21.6 Å². The lowest BCUT2D eigenvalue weighted by atomic mass is 10.1. The van der Waals surface area contributed by atoms with Crippen LogP contribution in [-0.2, 0) is 24.8 Å². The Balaban J connectivity index is 1.76. The second-order valence-electron chi connectivity index (χ2n) is 8.30. The van der Waals surface area contributed by atoms with Crippen molar-refractivity contribution in [2.24, 2.45) is 0 Å². The summed E-state index contributed by atoms with van der Waals surface area (Å²) >= 11 is 0. The molecule has 0 radical (unpaired) electrons. The third-order valence-corrected chi connectivity index (χ3v) is 7.94. The van der Waals surface area contributed by atoms with Crippen molar-refractivity contribution in [1.29, 1.82) is 0 Å². The number of hydrogen-bond donors (Lipinski definition) is 2. The lowest BCUT2D eigenvalue weighted by Crippen LogP contribution is -2.37. The van der Waals surface area contributed by atoms with Crippen molar-refractivity contribution in [3.05, 3.63) is 71.8 Å². The topological polar surface area (TPSA) is 131 Å². The molecule has 0 aliphatic rings. The summed E-state index contributed by atoms with van der Waals surface area (Å²) in [6.07, 6.45) is 0.979. The van der Waals surface area contributed by atoms with E-state index in [1.54, 1.807) is 19.1 Å². The maximum atomic E-state index is 12.8. The Hall–Kier alpha value is -3.77. The van der Waals surface area contributed by atoms with Crippen molar-refractivity contribution in [3.63, 3.8) is 0 Å². The molecule has 0 atom stereocenters. The van der Waals surface area contributed by atoms with E-state index in [1.165, 1.54) is 50.6 Å². The average molecular weight is 548 g/mol. The number of ether oxygens (including phenoxy) is 2. The Bertz CT molecular complexity index is 1500. The Morgan fingerprint density at radius 3 is 2.16 bits per heavy atom. The van der Waals surface area contributed by atoms with E-state index in [2.05, 4.69) is 10.0 Å². The van der Waals surface area contributed by atoms with Crippen LogP contribution >= 0.6 is 0 Å². The molecule has 0 unspecified atom stereocenters. The van der Waals surface area contributed by atoms with Gasteiger partial charge in [-0.15, -0.1) is 0 Å². The van der Waals surface area contributed by atoms with Gasteiger partial charge >= 0.3 is 0 Å². The summed E-state index contributed by atoms with van der Waals surface area (Å²) in [7, 11) is -4.87. The fraction of sp³-hybridized carbons (Fsp3) is 0.240. The summed E-state index contributed by atoms with van der Waals surface area (Å²) in [6, 6.07) is 15.6. The number of methoxy groups -OCH3 is 2. The van der Waals surface area contributed by atoms with Crippen LogP contribution in [0, 0.1) is 13.8 Å². The van der Waals surface area contributed by atoms with Crippen LogP contribution in [0.5, 0.6) is 11.5 Å². The smallest absolute Gasteiger partial charge is 0.261 e. The second kappa shape index (κ2) is 11.1. The highest BCUT2D eigenvalue weighted by molar-refractivity contribution is 7.92. The lowest BCUT2D eigenvalue weighted by Gasteiger charge is -2.24. The largest absolute Gasteiger partial charge is 0.497 e. The van der Waals surface area contributed by atoms with Crippen LogP contribution in [-0.4, -0.2) is 49.8 Å². The van der Waals surface area contributed by atoms with Crippen LogP contribution in [0.15, 0.2) is 65.6 Å². The van der Waals surface area contributed by atoms with Gasteiger partial charge in [-0.2, -0.15) is 0 Å². The molecule has 3 aromatic rings. The van der Waals surface area contributed by atoms with Gasteiger partial charge in [-0.3, -0.25) is 13.8 Å². The van der Waals surface area contributed by atoms with Gasteiger partial charge in [0.2, 0.25) is 15.9 Å². The van der Waals surface area contributed by atoms with E-state index >= 15 is 0 Å². The van der Waals surface area contributed by atoms with E-state index < -0.39 is 32.5 Å². The van der Waals surface area contributed by atoms with Crippen LogP contribution < -0.4 is 23.8 Å². The number of aryl methyl sites for hydroxylation is 2. The SMILES string of the molecule is COc1ccc(N(CC(=O)Nc2ccc(S(=O)(=O)Nc3cc(C)ccc3C)cc2)S(C)(=O)=O)c(OC)c1. The molecule has 3 rings (SSSR count). The molecule has 0 aliphatic heterocycles. The number of hydrogen-bond acceptors (Lipinski definition) is 7. The highest BCUT2D eigenvalue weighted by Crippen LogP contribution is 2.33. The quantitative estimate of drug-likeness (QED) is 0.397. The van der Waals surface area contributed by atoms with E-state index in [4.69, 9.17) is 9.47 Å². The molecular formula is C25H29N3O7S2. The van der Waals surface area contributed by atoms with E-state index in [-0.39, 0.29) is 16.3 Å². The minimum Gasteiger partial charge on any atom is -0.497 e. The van der Waals surface area contributed by atoms with Gasteiger partial charge in [-0.05, 0) is 67.4 Å². The van der Waals surface area contributed by atoms with Crippen LogP contribution in [0.1, 0.15) is 11.1 Å². The Kier molecular flexibility index (Phi) is 8.34. The molecule has 2 N–H and O–H groups in total. The third-order valence-electron chi connectivity index (χ3n) is 5.43. The molecule has 12 heteroatoms. The maximum Gasteiger partial charge on any atom is 0.261 e. The van der Waals surface area contributed by atoms with Crippen molar-refractivity contribution in [2.45, 2.75) is 18.7 Å². The molecule has 0 heterocycles. The monoisotopic (exact) mass is 547 g/mol. The van der Waals surface area contributed by atoms with Crippen molar-refractivity contribution < 1.29 is 31.1 Å². The lowest BCUT2D eigenvalue weighted by molar-refractivity contribution is -0.114. The molecule has 10 nitrogen and oxygen atoms in total. The molecule has 37 heavy (non-hydrogen) atoms. The zero-order valence-corrected chi connectivity index (χ0v) is 22.7. The Morgan fingerprint density at radius 2 is 1.57 bits per heavy atom. The van der Waals surface area contributed by atoms with Gasteiger partial charge in [0.1, 0.15) is 18.0 Å². The summed E-state index contributed by atoms with van der Waals surface area (Å²) in [4.78, 5) is 12.8. The first-order chi connectivity index (χ1) is 17.3. The highest BCUT2D eigenvalue weighted by Gasteiger charge is 2.25. The Labute approximate surface area is 217 Å². The minimum atomic E-state index is -3.86. The number of nitrogens with zero attached hydrogens (tertiary/aromatic N) is 1. The molecule has 0 saturated heterocycles. The van der Waals surface area contributed by atoms with Gasteiger partial charge < -0.3 is 14.8 Å². The molecule has 0 spiro atoms. The number of carbonyl (C=O) groups excluding carboxylic acids is 1. The van der Waals surface area contributed by atoms with E-state index in [1.807, 2.05) is 19.1 Å². The zero-order valence-electron chi connectivity index (χ0n) is 21.1. The van der Waals surface area contributed by atoms with Crippen LogP contribution in [0.3, 0.4) is 0 Å². The summed E-state index contributed by atoms with van der Waals surface area (Å²) in [5.41, 5.74) is 2.64. The average Bonchev–Trinajstić information content (AvgIpc) is 2.84. The van der Waals surface area contributed by atoms with Crippen LogP contribution in [0.2, 0.25) is 0 Å². The predicted octanol–water partition coefficient (Wildman–Crippen LogP) is 3.53. The first-order valence-corrected chi connectivity index (χ1v) is 14.4. The normalized spacial score (nSPS) is 11.5. The predicted molar refractivity (Wildman–Crippen MR) is 144 cm³/mol. The van der Waals surface area contributed by atoms with Crippen LogP contribution in [0.25, 0.3) is 0 Å². The standard InChI is InChI=1S/C25H29N3O7S2/c1-17-6-7-18(2)22(14-17)27-37(32,33)21-11-8-19(9-12-21)26-25(29)16-28(36(5,30)31)23-13-10-20(34-3)15-24(23)35-4/h6-15,27H,16H2,1-5H3,(H,26,29). The summed E-state index contributed by atoms with van der Waals surface area (Å²) in [6.45, 7) is 3.14. The summed E-state index contributed by atoms with van der Waals surface area (Å²) in [5, 5.41) is 2.59. The first kappa shape index (κ1) is 27.8. The van der Waals surface area contributed by atoms with Gasteiger partial charge in [0.15, 0.2) is 0 Å². The number of anilines is 3.